The molecular weight excluding hydrogens is 697 g/mol. The summed E-state index contributed by atoms with van der Waals surface area (Å²) in [7, 11) is -5.76. The molecule has 6 rings (SSSR count). The van der Waals surface area contributed by atoms with Crippen molar-refractivity contribution in [3.8, 4) is 0 Å². The smallest absolute Gasteiger partial charge is 0.285 e. The molecule has 6 aromatic carbocycles. The molecule has 0 radical (unpaired) electrons. The molecule has 4 N–H and O–H groups in total. The van der Waals surface area contributed by atoms with Crippen LogP contribution in [0.2, 0.25) is 0 Å². The van der Waals surface area contributed by atoms with Crippen molar-refractivity contribution in [1.82, 2.24) is 0 Å². The third-order valence-corrected chi connectivity index (χ3v) is 15.2. The van der Waals surface area contributed by atoms with Crippen molar-refractivity contribution in [2.24, 2.45) is 0 Å². The molecule has 0 bridgehead atoms. The van der Waals surface area contributed by atoms with Crippen LogP contribution in [0.5, 0.6) is 0 Å². The summed E-state index contributed by atoms with van der Waals surface area (Å²) in [5.74, 6) is 0. The summed E-state index contributed by atoms with van der Waals surface area (Å²) in [6, 6.07) is 59.9. The van der Waals surface area contributed by atoms with E-state index in [1.54, 1.807) is 0 Å². The molecule has 0 aromatic heterocycles. The van der Waals surface area contributed by atoms with Crippen molar-refractivity contribution in [3.05, 3.63) is 182 Å². The quantitative estimate of drug-likeness (QED) is 0.120. The van der Waals surface area contributed by atoms with Crippen molar-refractivity contribution >= 4 is 47.8 Å². The van der Waals surface area contributed by atoms with E-state index in [2.05, 4.69) is 13.8 Å². The van der Waals surface area contributed by atoms with Crippen LogP contribution >= 0.6 is 0 Å². The second-order valence-corrected chi connectivity index (χ2v) is 18.1. The minimum atomic E-state index is -2.88. The van der Waals surface area contributed by atoms with Crippen molar-refractivity contribution in [2.75, 3.05) is 13.2 Å². The molecule has 0 amide bonds. The second-order valence-electron chi connectivity index (χ2n) is 11.8. The van der Waals surface area contributed by atoms with E-state index < -0.39 is 16.6 Å². The van der Waals surface area contributed by atoms with Gasteiger partial charge in [0.25, 0.3) is 16.6 Å². The van der Waals surface area contributed by atoms with E-state index in [0.717, 1.165) is 56.8 Å². The van der Waals surface area contributed by atoms with Crippen molar-refractivity contribution in [2.45, 2.75) is 39.5 Å². The summed E-state index contributed by atoms with van der Waals surface area (Å²) in [6.07, 6.45) is 4.08. The van der Waals surface area contributed by atoms with Crippen LogP contribution in [-0.2, 0) is 21.7 Å². The maximum absolute atomic E-state index is 11.6. The molecule has 0 aliphatic rings. The van der Waals surface area contributed by atoms with Gasteiger partial charge in [0, 0.05) is 34.9 Å². The maximum Gasteiger partial charge on any atom is 0.285 e. The van der Waals surface area contributed by atoms with E-state index in [4.69, 9.17) is 10.2 Å². The van der Waals surface area contributed by atoms with Gasteiger partial charge in [-0.1, -0.05) is 209 Å². The molecule has 0 unspecified atom stereocenters. The predicted octanol–water partition coefficient (Wildman–Crippen LogP) is 4.85. The summed E-state index contributed by atoms with van der Waals surface area (Å²) < 4.78 is 0. The zero-order valence-corrected chi connectivity index (χ0v) is 33.4. The Kier molecular flexibility index (Phi) is 20.9. The van der Waals surface area contributed by atoms with Gasteiger partial charge in [0.1, 0.15) is 0 Å². The Morgan fingerprint density at radius 2 is 0.490 bits per heavy atom. The standard InChI is InChI=1S/2C18H16OSi.2C4H10O.Ti/c2*19-20(16-10-4-1-5-11-16,17-12-6-2-7-13-17)18-14-8-3-9-15-18;2*1-2-3-4-5;/h2*1-15,19H;2*5H,2-4H2,1H3;. The Morgan fingerprint density at radius 1 is 0.333 bits per heavy atom. The summed E-state index contributed by atoms with van der Waals surface area (Å²) in [5, 5.41) is 22.2. The number of aliphatic hydroxyl groups excluding tert-OH is 2. The molecule has 0 saturated heterocycles. The monoisotopic (exact) mass is 748 g/mol. The fraction of sp³-hybridized carbons (Fsp3) is 0.182. The van der Waals surface area contributed by atoms with Crippen molar-refractivity contribution in [1.29, 1.82) is 0 Å². The predicted molar refractivity (Wildman–Crippen MR) is 216 cm³/mol. The molecule has 264 valence electrons. The van der Waals surface area contributed by atoms with Crippen molar-refractivity contribution < 1.29 is 41.5 Å². The van der Waals surface area contributed by atoms with Crippen LogP contribution in [0.1, 0.15) is 39.5 Å². The number of hydrogen-bond acceptors (Lipinski definition) is 4. The molecule has 0 spiro atoms. The summed E-state index contributed by atoms with van der Waals surface area (Å²) in [5.41, 5.74) is 0. The topological polar surface area (TPSA) is 80.9 Å². The SMILES string of the molecule is CCCCO.CCCCO.O[Si](c1ccccc1)(c1ccccc1)c1ccccc1.O[Si](c1ccccc1)(c1ccccc1)c1ccccc1.[Ti]. The zero-order chi connectivity index (χ0) is 35.9. The zero-order valence-electron chi connectivity index (χ0n) is 29.9. The van der Waals surface area contributed by atoms with Gasteiger partial charge in [0.2, 0.25) is 0 Å². The summed E-state index contributed by atoms with van der Waals surface area (Å²) in [6.45, 7) is 4.79. The van der Waals surface area contributed by atoms with Gasteiger partial charge in [-0.15, -0.1) is 0 Å². The first-order valence-corrected chi connectivity index (χ1v) is 21.4. The Morgan fingerprint density at radius 3 is 0.588 bits per heavy atom. The number of hydrogen-bond donors (Lipinski definition) is 4. The molecule has 0 heterocycles. The van der Waals surface area contributed by atoms with E-state index in [-0.39, 0.29) is 21.7 Å². The minimum Gasteiger partial charge on any atom is -0.421 e. The van der Waals surface area contributed by atoms with Gasteiger partial charge in [-0.25, -0.2) is 0 Å². The van der Waals surface area contributed by atoms with Crippen LogP contribution in [0.25, 0.3) is 0 Å². The molecule has 0 saturated carbocycles. The third-order valence-electron chi connectivity index (χ3n) is 8.17. The molecule has 7 heteroatoms. The van der Waals surface area contributed by atoms with Gasteiger partial charge in [0.05, 0.1) is 0 Å². The van der Waals surface area contributed by atoms with Gasteiger partial charge >= 0.3 is 0 Å². The van der Waals surface area contributed by atoms with Crippen LogP contribution in [0.3, 0.4) is 0 Å². The van der Waals surface area contributed by atoms with Crippen LogP contribution in [0.4, 0.5) is 0 Å². The molecule has 0 aliphatic carbocycles. The fourth-order valence-corrected chi connectivity index (χ4v) is 11.4. The Hall–Kier alpha value is -3.69. The molecule has 6 aromatic rings. The van der Waals surface area contributed by atoms with E-state index >= 15 is 0 Å². The Balaban J connectivity index is 0.000000276. The summed E-state index contributed by atoms with van der Waals surface area (Å²) >= 11 is 0. The van der Waals surface area contributed by atoms with E-state index in [1.807, 2.05) is 182 Å². The summed E-state index contributed by atoms with van der Waals surface area (Å²) in [4.78, 5) is 23.1. The first kappa shape index (κ1) is 43.5. The van der Waals surface area contributed by atoms with E-state index in [0.29, 0.717) is 13.2 Å². The minimum absolute atomic E-state index is 0. The van der Waals surface area contributed by atoms with Crippen LogP contribution < -0.4 is 31.1 Å². The van der Waals surface area contributed by atoms with Crippen LogP contribution in [0.15, 0.2) is 182 Å². The van der Waals surface area contributed by atoms with Gasteiger partial charge in [0.15, 0.2) is 0 Å². The average Bonchev–Trinajstić information content (AvgIpc) is 3.20. The average molecular weight is 749 g/mol. The molecule has 4 nitrogen and oxygen atoms in total. The van der Waals surface area contributed by atoms with Crippen LogP contribution in [-0.4, -0.2) is 49.7 Å². The Labute approximate surface area is 322 Å². The molecule has 0 atom stereocenters. The molecule has 0 aliphatic heterocycles. The first-order valence-electron chi connectivity index (χ1n) is 17.5. The van der Waals surface area contributed by atoms with E-state index in [9.17, 15) is 9.59 Å². The van der Waals surface area contributed by atoms with E-state index in [1.165, 1.54) is 0 Å². The first-order chi connectivity index (χ1) is 24.5. The normalized spacial score (nSPS) is 10.5. The molecular formula is C44H52O4Si2Ti. The van der Waals surface area contributed by atoms with Gasteiger partial charge in [-0.2, -0.15) is 0 Å². The number of rotatable bonds is 10. The fourth-order valence-electron chi connectivity index (χ4n) is 5.39. The van der Waals surface area contributed by atoms with Gasteiger partial charge in [-0.3, -0.25) is 0 Å². The Bertz CT molecular complexity index is 1370. The third kappa shape index (κ3) is 12.8. The number of unbranched alkanes of at least 4 members (excludes halogenated alkanes) is 2. The number of aliphatic hydroxyl groups is 2. The maximum atomic E-state index is 11.6. The van der Waals surface area contributed by atoms with Crippen molar-refractivity contribution in [3.63, 3.8) is 0 Å². The van der Waals surface area contributed by atoms with Gasteiger partial charge in [-0.05, 0) is 44.0 Å². The second kappa shape index (κ2) is 24.5. The van der Waals surface area contributed by atoms with Crippen LogP contribution in [0, 0.1) is 0 Å². The molecule has 0 fully saturated rings. The van der Waals surface area contributed by atoms with Gasteiger partial charge < -0.3 is 19.8 Å². The molecule has 51 heavy (non-hydrogen) atoms. The largest absolute Gasteiger partial charge is 0.421 e. The number of benzene rings is 6.